The van der Waals surface area contributed by atoms with Crippen LogP contribution in [0, 0.1) is 5.92 Å². The van der Waals surface area contributed by atoms with Crippen LogP contribution >= 0.6 is 23.2 Å². The number of carbonyl (C=O) groups is 1. The van der Waals surface area contributed by atoms with Crippen molar-refractivity contribution in [3.05, 3.63) is 33.8 Å². The van der Waals surface area contributed by atoms with Crippen molar-refractivity contribution in [2.24, 2.45) is 5.92 Å². The third-order valence-corrected chi connectivity index (χ3v) is 3.47. The Labute approximate surface area is 109 Å². The smallest absolute Gasteiger partial charge is 0.309 e. The van der Waals surface area contributed by atoms with Gasteiger partial charge in [0.05, 0.1) is 12.0 Å². The normalized spacial score (nSPS) is 24.6. The number of aliphatic carboxylic acids is 1. The Hall–Kier alpha value is -0.770. The van der Waals surface area contributed by atoms with Gasteiger partial charge in [-0.1, -0.05) is 29.3 Å². The van der Waals surface area contributed by atoms with Crippen LogP contribution in [0.2, 0.25) is 10.0 Å². The molecule has 0 amide bonds. The minimum Gasteiger partial charge on any atom is -0.481 e. The first-order chi connectivity index (χ1) is 8.09. The van der Waals surface area contributed by atoms with Gasteiger partial charge >= 0.3 is 5.97 Å². The van der Waals surface area contributed by atoms with Crippen LogP contribution in [0.1, 0.15) is 24.5 Å². The van der Waals surface area contributed by atoms with Crippen molar-refractivity contribution >= 4 is 29.2 Å². The molecule has 0 spiro atoms. The molecule has 1 N–H and O–H groups in total. The monoisotopic (exact) mass is 274 g/mol. The number of halogens is 2. The molecule has 1 aliphatic rings. The lowest BCUT2D eigenvalue weighted by Gasteiger charge is -2.29. The zero-order chi connectivity index (χ0) is 12.4. The van der Waals surface area contributed by atoms with Crippen LogP contribution in [0.3, 0.4) is 0 Å². The van der Waals surface area contributed by atoms with Gasteiger partial charge in [-0.2, -0.15) is 0 Å². The summed E-state index contributed by atoms with van der Waals surface area (Å²) in [7, 11) is 0. The predicted octanol–water partition coefficient (Wildman–Crippen LogP) is 3.55. The third kappa shape index (κ3) is 2.73. The van der Waals surface area contributed by atoms with E-state index in [1.807, 2.05) is 0 Å². The second kappa shape index (κ2) is 5.25. The Morgan fingerprint density at radius 1 is 1.41 bits per heavy atom. The molecule has 92 valence electrons. The minimum absolute atomic E-state index is 0.454. The highest BCUT2D eigenvalue weighted by atomic mass is 35.5. The van der Waals surface area contributed by atoms with Crippen molar-refractivity contribution in [3.63, 3.8) is 0 Å². The molecule has 3 nitrogen and oxygen atoms in total. The van der Waals surface area contributed by atoms with Gasteiger partial charge in [0, 0.05) is 22.2 Å². The maximum atomic E-state index is 11.2. The molecular formula is C12H12Cl2O3. The Bertz CT molecular complexity index is 434. The summed E-state index contributed by atoms with van der Waals surface area (Å²) in [5.41, 5.74) is 0.697. The summed E-state index contributed by atoms with van der Waals surface area (Å²) >= 11 is 11.9. The first kappa shape index (κ1) is 12.7. The number of benzene rings is 1. The Balaban J connectivity index is 2.32. The third-order valence-electron chi connectivity index (χ3n) is 2.91. The van der Waals surface area contributed by atoms with E-state index < -0.39 is 18.0 Å². The molecule has 1 fully saturated rings. The summed E-state index contributed by atoms with van der Waals surface area (Å²) in [4.78, 5) is 11.2. The Morgan fingerprint density at radius 3 is 2.82 bits per heavy atom. The van der Waals surface area contributed by atoms with Crippen molar-refractivity contribution in [1.29, 1.82) is 0 Å². The standard InChI is InChI=1S/C12H12Cl2O3/c13-7-3-4-8(10(14)6-7)11-9(12(15)16)2-1-5-17-11/h3-4,6,9,11H,1-2,5H2,(H,15,16)/t9-,11+/m1/s1. The summed E-state index contributed by atoms with van der Waals surface area (Å²) in [5, 5.41) is 10.1. The second-order valence-corrected chi connectivity index (χ2v) is 4.89. The predicted molar refractivity (Wildman–Crippen MR) is 65.5 cm³/mol. The molecule has 0 aromatic heterocycles. The van der Waals surface area contributed by atoms with Crippen LogP contribution in [0.5, 0.6) is 0 Å². The maximum Gasteiger partial charge on any atom is 0.309 e. The summed E-state index contributed by atoms with van der Waals surface area (Å²) < 4.78 is 5.55. The van der Waals surface area contributed by atoms with Crippen molar-refractivity contribution < 1.29 is 14.6 Å². The molecule has 0 unspecified atom stereocenters. The van der Waals surface area contributed by atoms with E-state index in [1.165, 1.54) is 0 Å². The number of carboxylic acid groups (broad SMARTS) is 1. The lowest BCUT2D eigenvalue weighted by Crippen LogP contribution is -2.29. The van der Waals surface area contributed by atoms with E-state index in [9.17, 15) is 4.79 Å². The minimum atomic E-state index is -0.847. The zero-order valence-corrected chi connectivity index (χ0v) is 10.5. The van der Waals surface area contributed by atoms with Gasteiger partial charge in [0.25, 0.3) is 0 Å². The molecule has 5 heteroatoms. The molecule has 0 aliphatic carbocycles. The summed E-state index contributed by atoms with van der Waals surface area (Å²) in [6.07, 6.45) is 0.892. The number of ether oxygens (including phenoxy) is 1. The van der Waals surface area contributed by atoms with Crippen LogP contribution < -0.4 is 0 Å². The fraction of sp³-hybridized carbons (Fsp3) is 0.417. The SMILES string of the molecule is O=C(O)[C@@H]1CCCO[C@H]1c1ccc(Cl)cc1Cl. The van der Waals surface area contributed by atoms with Gasteiger partial charge in [-0.3, -0.25) is 4.79 Å². The maximum absolute atomic E-state index is 11.2. The van der Waals surface area contributed by atoms with Crippen LogP contribution in [0.4, 0.5) is 0 Å². The fourth-order valence-corrected chi connectivity index (χ4v) is 2.59. The van der Waals surface area contributed by atoms with E-state index in [1.54, 1.807) is 18.2 Å². The molecule has 1 heterocycles. The lowest BCUT2D eigenvalue weighted by molar-refractivity contribution is -0.151. The highest BCUT2D eigenvalue weighted by molar-refractivity contribution is 6.35. The molecule has 17 heavy (non-hydrogen) atoms. The second-order valence-electron chi connectivity index (χ2n) is 4.04. The van der Waals surface area contributed by atoms with Gasteiger partial charge in [-0.25, -0.2) is 0 Å². The first-order valence-corrected chi connectivity index (χ1v) is 6.14. The molecule has 1 aliphatic heterocycles. The number of carboxylic acids is 1. The van der Waals surface area contributed by atoms with Crippen molar-refractivity contribution in [2.45, 2.75) is 18.9 Å². The van der Waals surface area contributed by atoms with Gasteiger partial charge in [0.1, 0.15) is 0 Å². The van der Waals surface area contributed by atoms with E-state index in [2.05, 4.69) is 0 Å². The van der Waals surface area contributed by atoms with E-state index in [-0.39, 0.29) is 0 Å². The van der Waals surface area contributed by atoms with Gasteiger partial charge in [-0.15, -0.1) is 0 Å². The Morgan fingerprint density at radius 2 is 2.18 bits per heavy atom. The molecule has 0 radical (unpaired) electrons. The number of hydrogen-bond acceptors (Lipinski definition) is 2. The zero-order valence-electron chi connectivity index (χ0n) is 9.03. The highest BCUT2D eigenvalue weighted by Gasteiger charge is 2.34. The molecule has 0 saturated carbocycles. The van der Waals surface area contributed by atoms with Crippen LogP contribution in [0.15, 0.2) is 18.2 Å². The average Bonchev–Trinajstić information content (AvgIpc) is 2.29. The van der Waals surface area contributed by atoms with Crippen molar-refractivity contribution in [2.75, 3.05) is 6.61 Å². The van der Waals surface area contributed by atoms with Gasteiger partial charge < -0.3 is 9.84 Å². The van der Waals surface area contributed by atoms with E-state index in [0.717, 1.165) is 6.42 Å². The molecule has 2 rings (SSSR count). The summed E-state index contributed by atoms with van der Waals surface area (Å²) in [6.45, 7) is 0.563. The molecule has 0 bridgehead atoms. The van der Waals surface area contributed by atoms with E-state index in [4.69, 9.17) is 33.0 Å². The van der Waals surface area contributed by atoms with Crippen LogP contribution in [-0.2, 0) is 9.53 Å². The van der Waals surface area contributed by atoms with E-state index in [0.29, 0.717) is 28.6 Å². The highest BCUT2D eigenvalue weighted by Crippen LogP contribution is 2.37. The number of rotatable bonds is 2. The van der Waals surface area contributed by atoms with Gasteiger partial charge in [0.2, 0.25) is 0 Å². The molecule has 1 aromatic carbocycles. The van der Waals surface area contributed by atoms with Crippen LogP contribution in [-0.4, -0.2) is 17.7 Å². The van der Waals surface area contributed by atoms with Crippen LogP contribution in [0.25, 0.3) is 0 Å². The summed E-state index contributed by atoms with van der Waals surface area (Å²) in [5.74, 6) is -1.39. The van der Waals surface area contributed by atoms with Gasteiger partial charge in [-0.05, 0) is 25.0 Å². The quantitative estimate of drug-likeness (QED) is 0.897. The molecule has 1 aromatic rings. The largest absolute Gasteiger partial charge is 0.481 e. The molecular weight excluding hydrogens is 263 g/mol. The summed E-state index contributed by atoms with van der Waals surface area (Å²) in [6, 6.07) is 5.03. The molecule has 1 saturated heterocycles. The first-order valence-electron chi connectivity index (χ1n) is 5.39. The molecule has 2 atom stereocenters. The van der Waals surface area contributed by atoms with E-state index >= 15 is 0 Å². The van der Waals surface area contributed by atoms with Crippen molar-refractivity contribution in [1.82, 2.24) is 0 Å². The number of hydrogen-bond donors (Lipinski definition) is 1. The topological polar surface area (TPSA) is 46.5 Å². The van der Waals surface area contributed by atoms with Crippen molar-refractivity contribution in [3.8, 4) is 0 Å². The fourth-order valence-electron chi connectivity index (χ4n) is 2.07. The average molecular weight is 275 g/mol. The Kier molecular flexibility index (Phi) is 3.92. The van der Waals surface area contributed by atoms with Gasteiger partial charge in [0.15, 0.2) is 0 Å². The lowest BCUT2D eigenvalue weighted by atomic mass is 9.89.